The Hall–Kier alpha value is -2.77. The average Bonchev–Trinajstić information content (AvgIpc) is 2.76. The number of hydrogen-bond acceptors (Lipinski definition) is 6. The van der Waals surface area contributed by atoms with Crippen LogP contribution in [-0.2, 0) is 16.1 Å². The van der Waals surface area contributed by atoms with E-state index in [-0.39, 0.29) is 11.4 Å². The number of amides is 1. The van der Waals surface area contributed by atoms with Gasteiger partial charge in [0.2, 0.25) is 0 Å². The number of nitrogens with zero attached hydrogens (tertiary/aromatic N) is 1. The summed E-state index contributed by atoms with van der Waals surface area (Å²) in [5.74, 6) is 1.84. The maximum absolute atomic E-state index is 13.1. The van der Waals surface area contributed by atoms with E-state index in [1.807, 2.05) is 69.3 Å². The number of benzene rings is 2. The van der Waals surface area contributed by atoms with E-state index in [0.717, 1.165) is 5.56 Å². The Kier molecular flexibility index (Phi) is 9.81. The summed E-state index contributed by atoms with van der Waals surface area (Å²) in [6.45, 7) is 8.04. The molecule has 0 saturated carbocycles. The highest BCUT2D eigenvalue weighted by Gasteiger charge is 2.27. The van der Waals surface area contributed by atoms with Crippen LogP contribution in [0.25, 0.3) is 0 Å². The van der Waals surface area contributed by atoms with E-state index in [1.165, 1.54) is 0 Å². The van der Waals surface area contributed by atoms with E-state index in [2.05, 4.69) is 10.2 Å². The van der Waals surface area contributed by atoms with Crippen LogP contribution >= 0.6 is 0 Å². The summed E-state index contributed by atoms with van der Waals surface area (Å²) in [4.78, 5) is 15.2. The van der Waals surface area contributed by atoms with Crippen LogP contribution in [0.15, 0.2) is 48.5 Å². The highest BCUT2D eigenvalue weighted by atomic mass is 16.5. The summed E-state index contributed by atoms with van der Waals surface area (Å²) < 4.78 is 22.2. The van der Waals surface area contributed by atoms with Gasteiger partial charge in [-0.2, -0.15) is 0 Å². The Morgan fingerprint density at radius 3 is 2.28 bits per heavy atom. The van der Waals surface area contributed by atoms with Crippen molar-refractivity contribution in [2.45, 2.75) is 39.0 Å². The SMILES string of the molecule is COCCN(Cc1ccc(OC)c(OC)c1)CC(Oc1ccccc1)C(=O)NC(C)(C)C. The first kappa shape index (κ1) is 25.5. The van der Waals surface area contributed by atoms with Gasteiger partial charge in [0.25, 0.3) is 5.91 Å². The van der Waals surface area contributed by atoms with Gasteiger partial charge >= 0.3 is 0 Å². The Balaban J connectivity index is 2.24. The van der Waals surface area contributed by atoms with Crippen molar-refractivity contribution in [2.75, 3.05) is 41.0 Å². The summed E-state index contributed by atoms with van der Waals surface area (Å²) in [5, 5.41) is 3.04. The van der Waals surface area contributed by atoms with E-state index in [1.54, 1.807) is 21.3 Å². The second-order valence-electron chi connectivity index (χ2n) is 8.58. The molecule has 0 heterocycles. The molecule has 0 fully saturated rings. The van der Waals surface area contributed by atoms with Gasteiger partial charge in [-0.15, -0.1) is 0 Å². The molecule has 0 aliphatic heterocycles. The van der Waals surface area contributed by atoms with E-state index in [9.17, 15) is 4.79 Å². The minimum atomic E-state index is -0.686. The molecule has 0 saturated heterocycles. The zero-order valence-corrected chi connectivity index (χ0v) is 20.0. The third kappa shape index (κ3) is 8.40. The predicted molar refractivity (Wildman–Crippen MR) is 125 cm³/mol. The molecule has 2 aromatic rings. The van der Waals surface area contributed by atoms with Gasteiger partial charge in [-0.1, -0.05) is 24.3 Å². The van der Waals surface area contributed by atoms with E-state index in [4.69, 9.17) is 18.9 Å². The lowest BCUT2D eigenvalue weighted by atomic mass is 10.1. The highest BCUT2D eigenvalue weighted by molar-refractivity contribution is 5.82. The Morgan fingerprint density at radius 2 is 1.69 bits per heavy atom. The first-order valence-electron chi connectivity index (χ1n) is 10.7. The molecule has 176 valence electrons. The number of ether oxygens (including phenoxy) is 4. The fourth-order valence-electron chi connectivity index (χ4n) is 3.21. The van der Waals surface area contributed by atoms with Crippen molar-refractivity contribution in [3.05, 3.63) is 54.1 Å². The van der Waals surface area contributed by atoms with Gasteiger partial charge in [-0.25, -0.2) is 0 Å². The largest absolute Gasteiger partial charge is 0.493 e. The lowest BCUT2D eigenvalue weighted by Crippen LogP contribution is -2.51. The summed E-state index contributed by atoms with van der Waals surface area (Å²) in [6.07, 6.45) is -0.686. The smallest absolute Gasteiger partial charge is 0.262 e. The molecule has 1 unspecified atom stereocenters. The quantitative estimate of drug-likeness (QED) is 0.540. The van der Waals surface area contributed by atoms with Gasteiger partial charge < -0.3 is 24.3 Å². The Labute approximate surface area is 191 Å². The number of methoxy groups -OCH3 is 3. The van der Waals surface area contributed by atoms with Gasteiger partial charge in [0.15, 0.2) is 17.6 Å². The number of carbonyl (C=O) groups excluding carboxylic acids is 1. The van der Waals surface area contributed by atoms with Crippen molar-refractivity contribution >= 4 is 5.91 Å². The van der Waals surface area contributed by atoms with Crippen LogP contribution in [0.1, 0.15) is 26.3 Å². The molecule has 0 aliphatic rings. The van der Waals surface area contributed by atoms with E-state index in [0.29, 0.717) is 43.5 Å². The second-order valence-corrected chi connectivity index (χ2v) is 8.58. The molecule has 2 rings (SSSR count). The van der Waals surface area contributed by atoms with Crippen LogP contribution in [-0.4, -0.2) is 63.5 Å². The lowest BCUT2D eigenvalue weighted by Gasteiger charge is -2.30. The molecule has 7 heteroatoms. The van der Waals surface area contributed by atoms with Crippen LogP contribution in [0.4, 0.5) is 0 Å². The third-order valence-electron chi connectivity index (χ3n) is 4.70. The lowest BCUT2D eigenvalue weighted by molar-refractivity contribution is -0.130. The molecular formula is C25H36N2O5. The number of rotatable bonds is 12. The van der Waals surface area contributed by atoms with Crippen LogP contribution in [0.3, 0.4) is 0 Å². The van der Waals surface area contributed by atoms with Gasteiger partial charge in [0, 0.05) is 32.3 Å². The maximum Gasteiger partial charge on any atom is 0.262 e. The summed E-state index contributed by atoms with van der Waals surface area (Å²) in [6, 6.07) is 15.2. The number of hydrogen-bond donors (Lipinski definition) is 1. The fourth-order valence-corrected chi connectivity index (χ4v) is 3.21. The summed E-state index contributed by atoms with van der Waals surface area (Å²) in [7, 11) is 4.89. The molecule has 0 spiro atoms. The van der Waals surface area contributed by atoms with Crippen LogP contribution in [0, 0.1) is 0 Å². The van der Waals surface area contributed by atoms with Crippen molar-refractivity contribution < 1.29 is 23.7 Å². The first-order chi connectivity index (χ1) is 15.3. The molecule has 0 aliphatic carbocycles. The fraction of sp³-hybridized carbons (Fsp3) is 0.480. The average molecular weight is 445 g/mol. The summed E-state index contributed by atoms with van der Waals surface area (Å²) in [5.41, 5.74) is 0.671. The van der Waals surface area contributed by atoms with Gasteiger partial charge in [0.05, 0.1) is 20.8 Å². The van der Waals surface area contributed by atoms with Crippen molar-refractivity contribution in [1.82, 2.24) is 10.2 Å². The van der Waals surface area contributed by atoms with Crippen molar-refractivity contribution in [1.29, 1.82) is 0 Å². The Bertz CT molecular complexity index is 836. The van der Waals surface area contributed by atoms with Crippen molar-refractivity contribution in [3.8, 4) is 17.2 Å². The van der Waals surface area contributed by atoms with Gasteiger partial charge in [-0.3, -0.25) is 9.69 Å². The van der Waals surface area contributed by atoms with Gasteiger partial charge in [0.1, 0.15) is 5.75 Å². The number of para-hydroxylation sites is 1. The zero-order valence-electron chi connectivity index (χ0n) is 20.0. The van der Waals surface area contributed by atoms with Crippen LogP contribution in [0.5, 0.6) is 17.2 Å². The standard InChI is InChI=1S/C25H36N2O5/c1-25(2,3)26-24(28)23(32-20-10-8-7-9-11-20)18-27(14-15-29-4)17-19-12-13-21(30-5)22(16-19)31-6/h7-13,16,23H,14-15,17-18H2,1-6H3,(H,26,28). The molecule has 7 nitrogen and oxygen atoms in total. The minimum absolute atomic E-state index is 0.156. The van der Waals surface area contributed by atoms with Crippen LogP contribution < -0.4 is 19.5 Å². The molecule has 2 aromatic carbocycles. The topological polar surface area (TPSA) is 69.3 Å². The number of carbonyl (C=O) groups is 1. The van der Waals surface area contributed by atoms with Crippen LogP contribution in [0.2, 0.25) is 0 Å². The molecule has 0 bridgehead atoms. The minimum Gasteiger partial charge on any atom is -0.493 e. The zero-order chi connectivity index (χ0) is 23.6. The molecule has 1 atom stereocenters. The third-order valence-corrected chi connectivity index (χ3v) is 4.70. The molecule has 32 heavy (non-hydrogen) atoms. The van der Waals surface area contributed by atoms with E-state index < -0.39 is 6.10 Å². The van der Waals surface area contributed by atoms with Crippen molar-refractivity contribution in [3.63, 3.8) is 0 Å². The normalized spacial score (nSPS) is 12.3. The van der Waals surface area contributed by atoms with E-state index >= 15 is 0 Å². The summed E-state index contributed by atoms with van der Waals surface area (Å²) >= 11 is 0. The predicted octanol–water partition coefficient (Wildman–Crippen LogP) is 3.51. The monoisotopic (exact) mass is 444 g/mol. The first-order valence-corrected chi connectivity index (χ1v) is 10.7. The molecule has 1 N–H and O–H groups in total. The molecular weight excluding hydrogens is 408 g/mol. The Morgan fingerprint density at radius 1 is 1.00 bits per heavy atom. The number of nitrogens with one attached hydrogen (secondary N) is 1. The molecule has 0 radical (unpaired) electrons. The molecule has 0 aromatic heterocycles. The molecule has 1 amide bonds. The highest BCUT2D eigenvalue weighted by Crippen LogP contribution is 2.28. The van der Waals surface area contributed by atoms with Gasteiger partial charge in [-0.05, 0) is 50.6 Å². The second kappa shape index (κ2) is 12.3. The van der Waals surface area contributed by atoms with Crippen molar-refractivity contribution in [2.24, 2.45) is 0 Å². The maximum atomic E-state index is 13.1.